The molecule has 0 aliphatic rings. The van der Waals surface area contributed by atoms with E-state index in [4.69, 9.17) is 0 Å². The second-order valence-electron chi connectivity index (χ2n) is 3.78. The SMILES string of the molecule is O=C(Nc1ccccc1CO)c1cccc(Br)c1. The fraction of sp³-hybridized carbons (Fsp3) is 0.0714. The zero-order valence-corrected chi connectivity index (χ0v) is 11.1. The standard InChI is InChI=1S/C14H12BrNO2/c15-12-6-3-5-10(8-12)14(18)16-13-7-2-1-4-11(13)9-17/h1-8,17H,9H2,(H,16,18). The summed E-state index contributed by atoms with van der Waals surface area (Å²) in [6.07, 6.45) is 0. The highest BCUT2D eigenvalue weighted by Gasteiger charge is 2.08. The van der Waals surface area contributed by atoms with Gasteiger partial charge in [0.1, 0.15) is 0 Å². The molecule has 0 aliphatic heterocycles. The average molecular weight is 306 g/mol. The number of hydrogen-bond acceptors (Lipinski definition) is 2. The number of hydrogen-bond donors (Lipinski definition) is 2. The third kappa shape index (κ3) is 2.97. The Hall–Kier alpha value is -1.65. The van der Waals surface area contributed by atoms with Crippen molar-refractivity contribution in [2.75, 3.05) is 5.32 Å². The number of benzene rings is 2. The first kappa shape index (κ1) is 12.8. The van der Waals surface area contributed by atoms with Crippen molar-refractivity contribution >= 4 is 27.5 Å². The zero-order valence-electron chi connectivity index (χ0n) is 9.56. The Bertz CT molecular complexity index is 569. The first-order valence-electron chi connectivity index (χ1n) is 5.46. The van der Waals surface area contributed by atoms with Gasteiger partial charge >= 0.3 is 0 Å². The summed E-state index contributed by atoms with van der Waals surface area (Å²) >= 11 is 3.32. The summed E-state index contributed by atoms with van der Waals surface area (Å²) in [5.74, 6) is -0.197. The van der Waals surface area contributed by atoms with Gasteiger partial charge in [-0.25, -0.2) is 0 Å². The van der Waals surface area contributed by atoms with Crippen LogP contribution >= 0.6 is 15.9 Å². The van der Waals surface area contributed by atoms with Crippen molar-refractivity contribution < 1.29 is 9.90 Å². The molecule has 2 rings (SSSR count). The number of carbonyl (C=O) groups is 1. The summed E-state index contributed by atoms with van der Waals surface area (Å²) in [6, 6.07) is 14.3. The number of halogens is 1. The number of aliphatic hydroxyl groups is 1. The van der Waals surface area contributed by atoms with Gasteiger partial charge in [0.05, 0.1) is 6.61 Å². The molecule has 0 saturated heterocycles. The van der Waals surface area contributed by atoms with Crippen molar-refractivity contribution in [3.05, 3.63) is 64.1 Å². The molecule has 0 spiro atoms. The van der Waals surface area contributed by atoms with Crippen molar-refractivity contribution in [2.24, 2.45) is 0 Å². The molecule has 0 unspecified atom stereocenters. The molecule has 0 radical (unpaired) electrons. The summed E-state index contributed by atoms with van der Waals surface area (Å²) in [6.45, 7) is -0.102. The number of para-hydroxylation sites is 1. The van der Waals surface area contributed by atoms with Crippen LogP contribution in [0, 0.1) is 0 Å². The molecule has 18 heavy (non-hydrogen) atoms. The molecule has 0 heterocycles. The molecule has 0 saturated carbocycles. The fourth-order valence-corrected chi connectivity index (χ4v) is 2.00. The first-order chi connectivity index (χ1) is 8.70. The number of anilines is 1. The molecule has 0 aromatic heterocycles. The van der Waals surface area contributed by atoms with Crippen LogP contribution in [0.25, 0.3) is 0 Å². The van der Waals surface area contributed by atoms with Crippen molar-refractivity contribution in [1.82, 2.24) is 0 Å². The Kier molecular flexibility index (Phi) is 4.12. The lowest BCUT2D eigenvalue weighted by atomic mass is 10.1. The monoisotopic (exact) mass is 305 g/mol. The van der Waals surface area contributed by atoms with Crippen LogP contribution in [0.1, 0.15) is 15.9 Å². The van der Waals surface area contributed by atoms with Crippen LogP contribution in [0.5, 0.6) is 0 Å². The van der Waals surface area contributed by atoms with Gasteiger partial charge < -0.3 is 10.4 Å². The van der Waals surface area contributed by atoms with E-state index >= 15 is 0 Å². The Balaban J connectivity index is 2.21. The van der Waals surface area contributed by atoms with E-state index in [1.54, 1.807) is 30.3 Å². The minimum Gasteiger partial charge on any atom is -0.392 e. The molecule has 0 atom stereocenters. The van der Waals surface area contributed by atoms with Crippen LogP contribution < -0.4 is 5.32 Å². The molecule has 2 aromatic carbocycles. The van der Waals surface area contributed by atoms with Crippen LogP contribution in [-0.2, 0) is 6.61 Å². The summed E-state index contributed by atoms with van der Waals surface area (Å²) in [5.41, 5.74) is 1.89. The predicted molar refractivity (Wildman–Crippen MR) is 74.5 cm³/mol. The molecular formula is C14H12BrNO2. The van der Waals surface area contributed by atoms with E-state index in [0.29, 0.717) is 16.8 Å². The number of rotatable bonds is 3. The number of carbonyl (C=O) groups excluding carboxylic acids is 1. The molecule has 2 aromatic rings. The third-order valence-corrected chi connectivity index (χ3v) is 3.02. The van der Waals surface area contributed by atoms with E-state index in [-0.39, 0.29) is 12.5 Å². The van der Waals surface area contributed by atoms with E-state index < -0.39 is 0 Å². The van der Waals surface area contributed by atoms with Gasteiger partial charge in [0.2, 0.25) is 0 Å². The fourth-order valence-electron chi connectivity index (χ4n) is 1.60. The highest BCUT2D eigenvalue weighted by molar-refractivity contribution is 9.10. The molecule has 2 N–H and O–H groups in total. The largest absolute Gasteiger partial charge is 0.392 e. The van der Waals surface area contributed by atoms with Gasteiger partial charge in [-0.05, 0) is 24.3 Å². The van der Waals surface area contributed by atoms with E-state index in [0.717, 1.165) is 4.47 Å². The van der Waals surface area contributed by atoms with Gasteiger partial charge in [0.25, 0.3) is 5.91 Å². The van der Waals surface area contributed by atoms with Crippen LogP contribution in [0.15, 0.2) is 53.0 Å². The zero-order chi connectivity index (χ0) is 13.0. The third-order valence-electron chi connectivity index (χ3n) is 2.52. The molecule has 0 fully saturated rings. The maximum Gasteiger partial charge on any atom is 0.255 e. The van der Waals surface area contributed by atoms with E-state index in [2.05, 4.69) is 21.2 Å². The van der Waals surface area contributed by atoms with E-state index in [1.807, 2.05) is 18.2 Å². The lowest BCUT2D eigenvalue weighted by Crippen LogP contribution is -2.13. The predicted octanol–water partition coefficient (Wildman–Crippen LogP) is 3.19. The highest BCUT2D eigenvalue weighted by Crippen LogP contribution is 2.17. The first-order valence-corrected chi connectivity index (χ1v) is 6.25. The van der Waals surface area contributed by atoms with Crippen LogP contribution in [0.2, 0.25) is 0 Å². The smallest absolute Gasteiger partial charge is 0.255 e. The lowest BCUT2D eigenvalue weighted by molar-refractivity contribution is 0.102. The van der Waals surface area contributed by atoms with Crippen molar-refractivity contribution in [3.63, 3.8) is 0 Å². The van der Waals surface area contributed by atoms with E-state index in [1.165, 1.54) is 0 Å². The Morgan fingerprint density at radius 3 is 2.67 bits per heavy atom. The second kappa shape index (κ2) is 5.80. The minimum atomic E-state index is -0.197. The maximum atomic E-state index is 12.0. The van der Waals surface area contributed by atoms with Crippen molar-refractivity contribution in [2.45, 2.75) is 6.61 Å². The number of nitrogens with one attached hydrogen (secondary N) is 1. The van der Waals surface area contributed by atoms with Gasteiger partial charge in [-0.1, -0.05) is 40.2 Å². The highest BCUT2D eigenvalue weighted by atomic mass is 79.9. The molecular weight excluding hydrogens is 294 g/mol. The summed E-state index contributed by atoms with van der Waals surface area (Å²) in [5, 5.41) is 12.0. The van der Waals surface area contributed by atoms with Gasteiger partial charge in [-0.2, -0.15) is 0 Å². The molecule has 0 aliphatic carbocycles. The van der Waals surface area contributed by atoms with Crippen molar-refractivity contribution in [3.8, 4) is 0 Å². The van der Waals surface area contributed by atoms with Gasteiger partial charge in [0.15, 0.2) is 0 Å². The molecule has 4 heteroatoms. The molecule has 0 bridgehead atoms. The Morgan fingerprint density at radius 1 is 1.17 bits per heavy atom. The molecule has 92 valence electrons. The Morgan fingerprint density at radius 2 is 1.94 bits per heavy atom. The second-order valence-corrected chi connectivity index (χ2v) is 4.70. The average Bonchev–Trinajstić information content (AvgIpc) is 2.39. The lowest BCUT2D eigenvalue weighted by Gasteiger charge is -2.09. The van der Waals surface area contributed by atoms with Crippen molar-refractivity contribution in [1.29, 1.82) is 0 Å². The topological polar surface area (TPSA) is 49.3 Å². The summed E-state index contributed by atoms with van der Waals surface area (Å²) < 4.78 is 0.852. The van der Waals surface area contributed by atoms with Gasteiger partial charge in [-0.3, -0.25) is 4.79 Å². The Labute approximate surface area is 114 Å². The quantitative estimate of drug-likeness (QED) is 0.915. The molecule has 3 nitrogen and oxygen atoms in total. The van der Waals surface area contributed by atoms with Gasteiger partial charge in [0, 0.05) is 21.3 Å². The van der Waals surface area contributed by atoms with Crippen LogP contribution in [-0.4, -0.2) is 11.0 Å². The maximum absolute atomic E-state index is 12.0. The van der Waals surface area contributed by atoms with Crippen LogP contribution in [0.4, 0.5) is 5.69 Å². The number of amides is 1. The minimum absolute atomic E-state index is 0.102. The van der Waals surface area contributed by atoms with E-state index in [9.17, 15) is 9.90 Å². The summed E-state index contributed by atoms with van der Waals surface area (Å²) in [4.78, 5) is 12.0. The normalized spacial score (nSPS) is 10.1. The summed E-state index contributed by atoms with van der Waals surface area (Å²) in [7, 11) is 0. The van der Waals surface area contributed by atoms with Crippen LogP contribution in [0.3, 0.4) is 0 Å². The molecule has 1 amide bonds. The van der Waals surface area contributed by atoms with Gasteiger partial charge in [-0.15, -0.1) is 0 Å². The number of aliphatic hydroxyl groups excluding tert-OH is 1.